The largest absolute Gasteiger partial charge is 0.358 e. The first-order valence-electron chi connectivity index (χ1n) is 7.90. The number of nitrogens with zero attached hydrogens (tertiary/aromatic N) is 3. The fraction of sp³-hybridized carbons (Fsp3) is 0.312. The standard InChI is InChI=1S/C16H17N5O3S2/c1-17-12(22)9-25-16-20-19-15(26-16)18-14(24)10-7-13(23)21(8-10)11-5-3-2-4-6-11/h2-6,10H,7-9H2,1H3,(H,17,22)(H,18,19,24)/t10-/m1/s1. The van der Waals surface area contributed by atoms with Crippen LogP contribution in [0.25, 0.3) is 0 Å². The smallest absolute Gasteiger partial charge is 0.231 e. The minimum atomic E-state index is -0.437. The Kier molecular flexibility index (Phi) is 5.84. The van der Waals surface area contributed by atoms with Gasteiger partial charge in [-0.3, -0.25) is 14.4 Å². The van der Waals surface area contributed by atoms with E-state index in [1.54, 1.807) is 11.9 Å². The van der Waals surface area contributed by atoms with Crippen molar-refractivity contribution in [1.29, 1.82) is 0 Å². The Morgan fingerprint density at radius 1 is 1.31 bits per heavy atom. The van der Waals surface area contributed by atoms with Crippen molar-refractivity contribution in [3.63, 3.8) is 0 Å². The third-order valence-electron chi connectivity index (χ3n) is 3.81. The van der Waals surface area contributed by atoms with Crippen molar-refractivity contribution >= 4 is 51.6 Å². The van der Waals surface area contributed by atoms with Crippen molar-refractivity contribution in [3.05, 3.63) is 30.3 Å². The number of rotatable bonds is 6. The monoisotopic (exact) mass is 391 g/mol. The Bertz CT molecular complexity index is 811. The van der Waals surface area contributed by atoms with Crippen LogP contribution in [-0.2, 0) is 14.4 Å². The quantitative estimate of drug-likeness (QED) is 0.569. The maximum absolute atomic E-state index is 12.4. The van der Waals surface area contributed by atoms with E-state index < -0.39 is 5.92 Å². The molecule has 1 saturated heterocycles. The van der Waals surface area contributed by atoms with Crippen LogP contribution in [0.1, 0.15) is 6.42 Å². The molecule has 3 rings (SSSR count). The fourth-order valence-corrected chi connectivity index (χ4v) is 4.09. The number of para-hydroxylation sites is 1. The lowest BCUT2D eigenvalue weighted by Crippen LogP contribution is -2.28. The normalized spacial score (nSPS) is 16.6. The number of hydrogen-bond donors (Lipinski definition) is 2. The van der Waals surface area contributed by atoms with Crippen LogP contribution in [-0.4, -0.2) is 47.3 Å². The summed E-state index contributed by atoms with van der Waals surface area (Å²) in [6.07, 6.45) is 0.164. The van der Waals surface area contributed by atoms with Gasteiger partial charge in [-0.05, 0) is 12.1 Å². The number of aromatic nitrogens is 2. The highest BCUT2D eigenvalue weighted by atomic mass is 32.2. The van der Waals surface area contributed by atoms with E-state index in [9.17, 15) is 14.4 Å². The minimum Gasteiger partial charge on any atom is -0.358 e. The number of nitrogens with one attached hydrogen (secondary N) is 2. The predicted molar refractivity (Wildman–Crippen MR) is 100 cm³/mol. The molecule has 3 amide bonds. The number of thioether (sulfide) groups is 1. The van der Waals surface area contributed by atoms with E-state index in [1.807, 2.05) is 30.3 Å². The third-order valence-corrected chi connectivity index (χ3v) is 5.78. The van der Waals surface area contributed by atoms with Gasteiger partial charge in [-0.1, -0.05) is 41.3 Å². The number of hydrogen-bond acceptors (Lipinski definition) is 7. The zero-order chi connectivity index (χ0) is 18.5. The van der Waals surface area contributed by atoms with Gasteiger partial charge in [-0.15, -0.1) is 10.2 Å². The second kappa shape index (κ2) is 8.28. The van der Waals surface area contributed by atoms with E-state index in [2.05, 4.69) is 20.8 Å². The lowest BCUT2D eigenvalue weighted by molar-refractivity contribution is -0.122. The first kappa shape index (κ1) is 18.3. The van der Waals surface area contributed by atoms with E-state index >= 15 is 0 Å². The van der Waals surface area contributed by atoms with Gasteiger partial charge in [0.05, 0.1) is 11.7 Å². The predicted octanol–water partition coefficient (Wildman–Crippen LogP) is 1.37. The molecule has 1 atom stereocenters. The van der Waals surface area contributed by atoms with Crippen LogP contribution in [0.2, 0.25) is 0 Å². The van der Waals surface area contributed by atoms with E-state index in [0.29, 0.717) is 16.0 Å². The molecule has 10 heteroatoms. The maximum atomic E-state index is 12.4. The molecule has 2 N–H and O–H groups in total. The summed E-state index contributed by atoms with van der Waals surface area (Å²) in [5, 5.41) is 13.4. The molecule has 1 fully saturated rings. The topological polar surface area (TPSA) is 104 Å². The Labute approximate surface area is 158 Å². The Balaban J connectivity index is 1.56. The zero-order valence-electron chi connectivity index (χ0n) is 14.0. The Hall–Kier alpha value is -2.46. The molecule has 1 aromatic carbocycles. The minimum absolute atomic E-state index is 0.0737. The molecule has 0 aliphatic carbocycles. The van der Waals surface area contributed by atoms with Gasteiger partial charge in [0.15, 0.2) is 4.34 Å². The Morgan fingerprint density at radius 2 is 2.08 bits per heavy atom. The average molecular weight is 391 g/mol. The van der Waals surface area contributed by atoms with Crippen molar-refractivity contribution in [3.8, 4) is 0 Å². The van der Waals surface area contributed by atoms with Gasteiger partial charge in [-0.2, -0.15) is 0 Å². The first-order valence-corrected chi connectivity index (χ1v) is 9.70. The lowest BCUT2D eigenvalue weighted by atomic mass is 10.1. The van der Waals surface area contributed by atoms with Gasteiger partial charge in [0.1, 0.15) is 0 Å². The molecule has 1 aliphatic heterocycles. The van der Waals surface area contributed by atoms with Gasteiger partial charge in [0.2, 0.25) is 22.9 Å². The van der Waals surface area contributed by atoms with Crippen molar-refractivity contribution < 1.29 is 14.4 Å². The summed E-state index contributed by atoms with van der Waals surface area (Å²) in [6.45, 7) is 0.339. The highest BCUT2D eigenvalue weighted by Gasteiger charge is 2.35. The van der Waals surface area contributed by atoms with Crippen LogP contribution < -0.4 is 15.5 Å². The van der Waals surface area contributed by atoms with E-state index in [0.717, 1.165) is 5.69 Å². The summed E-state index contributed by atoms with van der Waals surface area (Å²) in [7, 11) is 1.57. The van der Waals surface area contributed by atoms with Gasteiger partial charge >= 0.3 is 0 Å². The molecule has 0 bridgehead atoms. The van der Waals surface area contributed by atoms with Crippen LogP contribution in [0.3, 0.4) is 0 Å². The SMILES string of the molecule is CNC(=O)CSc1nnc(NC(=O)[C@@H]2CC(=O)N(c3ccccc3)C2)s1. The fourth-order valence-electron chi connectivity index (χ4n) is 2.47. The number of carbonyl (C=O) groups is 3. The van der Waals surface area contributed by atoms with Gasteiger partial charge in [0, 0.05) is 25.7 Å². The highest BCUT2D eigenvalue weighted by Crippen LogP contribution is 2.28. The summed E-state index contributed by atoms with van der Waals surface area (Å²) in [5.74, 6) is -0.636. The van der Waals surface area contributed by atoms with Gasteiger partial charge in [0.25, 0.3) is 0 Å². The van der Waals surface area contributed by atoms with Crippen LogP contribution in [0.5, 0.6) is 0 Å². The molecule has 1 aromatic heterocycles. The molecule has 0 radical (unpaired) electrons. The second-order valence-electron chi connectivity index (χ2n) is 5.57. The molecule has 0 spiro atoms. The lowest BCUT2D eigenvalue weighted by Gasteiger charge is -2.16. The molecule has 8 nitrogen and oxygen atoms in total. The van der Waals surface area contributed by atoms with Crippen LogP contribution in [0, 0.1) is 5.92 Å². The van der Waals surface area contributed by atoms with Crippen LogP contribution >= 0.6 is 23.1 Å². The highest BCUT2D eigenvalue weighted by molar-refractivity contribution is 8.01. The summed E-state index contributed by atoms with van der Waals surface area (Å²) < 4.78 is 0.595. The second-order valence-corrected chi connectivity index (χ2v) is 7.77. The third kappa shape index (κ3) is 4.38. The molecule has 0 saturated carbocycles. The van der Waals surface area contributed by atoms with Crippen molar-refractivity contribution in [2.45, 2.75) is 10.8 Å². The summed E-state index contributed by atoms with van der Waals surface area (Å²) in [5.41, 5.74) is 0.789. The van der Waals surface area contributed by atoms with Gasteiger partial charge < -0.3 is 15.5 Å². The van der Waals surface area contributed by atoms with Crippen molar-refractivity contribution in [1.82, 2.24) is 15.5 Å². The summed E-state index contributed by atoms with van der Waals surface area (Å²) in [4.78, 5) is 37.5. The zero-order valence-corrected chi connectivity index (χ0v) is 15.6. The first-order chi connectivity index (χ1) is 12.6. The summed E-state index contributed by atoms with van der Waals surface area (Å²) >= 11 is 2.45. The van der Waals surface area contributed by atoms with Gasteiger partial charge in [-0.25, -0.2) is 0 Å². The maximum Gasteiger partial charge on any atom is 0.231 e. The Morgan fingerprint density at radius 3 is 2.81 bits per heavy atom. The molecular formula is C16H17N5O3S2. The molecule has 2 aromatic rings. The number of anilines is 2. The molecule has 26 heavy (non-hydrogen) atoms. The molecule has 2 heterocycles. The van der Waals surface area contributed by atoms with Crippen molar-refractivity contribution in [2.24, 2.45) is 5.92 Å². The number of carbonyl (C=O) groups excluding carboxylic acids is 3. The van der Waals surface area contributed by atoms with Crippen molar-refractivity contribution in [2.75, 3.05) is 29.6 Å². The van der Waals surface area contributed by atoms with E-state index in [4.69, 9.17) is 0 Å². The van der Waals surface area contributed by atoms with E-state index in [-0.39, 0.29) is 29.9 Å². The summed E-state index contributed by atoms with van der Waals surface area (Å²) in [6, 6.07) is 9.28. The van der Waals surface area contributed by atoms with Crippen LogP contribution in [0.4, 0.5) is 10.8 Å². The number of benzene rings is 1. The molecular weight excluding hydrogens is 374 g/mol. The number of amides is 3. The average Bonchev–Trinajstić information content (AvgIpc) is 3.26. The van der Waals surface area contributed by atoms with E-state index in [1.165, 1.54) is 23.1 Å². The molecule has 136 valence electrons. The molecule has 0 unspecified atom stereocenters. The van der Waals surface area contributed by atoms with Crippen LogP contribution in [0.15, 0.2) is 34.7 Å². The molecule has 1 aliphatic rings.